The molecule has 140 valence electrons. The van der Waals surface area contributed by atoms with Crippen LogP contribution in [-0.4, -0.2) is 51.9 Å². The fourth-order valence-electron chi connectivity index (χ4n) is 2.85. The van der Waals surface area contributed by atoms with Gasteiger partial charge in [-0.05, 0) is 38.3 Å². The maximum atomic E-state index is 13.4. The molecule has 0 spiro atoms. The van der Waals surface area contributed by atoms with Gasteiger partial charge in [-0.25, -0.2) is 8.78 Å². The first-order chi connectivity index (χ1) is 12.1. The first kappa shape index (κ1) is 19.4. The molecule has 0 saturated carbocycles. The maximum Gasteiger partial charge on any atom is 0.191 e. The van der Waals surface area contributed by atoms with Gasteiger partial charge in [0.2, 0.25) is 0 Å². The van der Waals surface area contributed by atoms with E-state index in [0.717, 1.165) is 37.7 Å². The molecule has 1 aromatic carbocycles. The Kier molecular flexibility index (Phi) is 7.91. The second-order valence-corrected chi connectivity index (χ2v) is 6.04. The molecule has 0 radical (unpaired) electrons. The Labute approximate surface area is 148 Å². The SMILES string of the molecule is CCNC(=NCC1CCN(c2ccc(F)c(F)c2)C1)NCCOCC. The van der Waals surface area contributed by atoms with Crippen LogP contribution in [-0.2, 0) is 4.74 Å². The van der Waals surface area contributed by atoms with E-state index in [1.54, 1.807) is 6.07 Å². The number of aliphatic imine (C=N–C) groups is 1. The summed E-state index contributed by atoms with van der Waals surface area (Å²) in [7, 11) is 0. The lowest BCUT2D eigenvalue weighted by molar-refractivity contribution is 0.152. The quantitative estimate of drug-likeness (QED) is 0.428. The van der Waals surface area contributed by atoms with Crippen LogP contribution in [0.3, 0.4) is 0 Å². The Morgan fingerprint density at radius 3 is 2.84 bits per heavy atom. The summed E-state index contributed by atoms with van der Waals surface area (Å²) in [6, 6.07) is 4.07. The molecule has 2 rings (SSSR count). The Morgan fingerprint density at radius 2 is 2.12 bits per heavy atom. The van der Waals surface area contributed by atoms with Gasteiger partial charge in [0.05, 0.1) is 6.61 Å². The summed E-state index contributed by atoms with van der Waals surface area (Å²) in [5.41, 5.74) is 0.729. The summed E-state index contributed by atoms with van der Waals surface area (Å²) >= 11 is 0. The molecule has 1 atom stereocenters. The van der Waals surface area contributed by atoms with Crippen molar-refractivity contribution in [2.45, 2.75) is 20.3 Å². The fraction of sp³-hybridized carbons (Fsp3) is 0.611. The second kappa shape index (κ2) is 10.2. The molecular formula is C18H28F2N4O. The Bertz CT molecular complexity index is 568. The normalized spacial score (nSPS) is 17.8. The molecule has 1 saturated heterocycles. The number of anilines is 1. The number of halogens is 2. The minimum atomic E-state index is -0.808. The lowest BCUT2D eigenvalue weighted by Gasteiger charge is -2.18. The molecule has 1 aliphatic rings. The highest BCUT2D eigenvalue weighted by atomic mass is 19.2. The zero-order valence-corrected chi connectivity index (χ0v) is 15.0. The number of nitrogens with zero attached hydrogens (tertiary/aromatic N) is 2. The second-order valence-electron chi connectivity index (χ2n) is 6.04. The standard InChI is InChI=1S/C18H28F2N4O/c1-3-21-18(22-8-10-25-4-2)23-12-14-7-9-24(13-14)15-5-6-16(19)17(20)11-15/h5-6,11,14H,3-4,7-10,12-13H2,1-2H3,(H2,21,22,23). The molecule has 7 heteroatoms. The van der Waals surface area contributed by atoms with E-state index in [0.29, 0.717) is 32.2 Å². The molecule has 0 aliphatic carbocycles. The van der Waals surface area contributed by atoms with Gasteiger partial charge in [-0.15, -0.1) is 0 Å². The Hall–Kier alpha value is -1.89. The molecule has 1 heterocycles. The fourth-order valence-corrected chi connectivity index (χ4v) is 2.85. The smallest absolute Gasteiger partial charge is 0.191 e. The first-order valence-corrected chi connectivity index (χ1v) is 8.94. The van der Waals surface area contributed by atoms with Crippen LogP contribution in [0.1, 0.15) is 20.3 Å². The van der Waals surface area contributed by atoms with Crippen molar-refractivity contribution in [1.29, 1.82) is 0 Å². The van der Waals surface area contributed by atoms with Crippen molar-refractivity contribution in [3.63, 3.8) is 0 Å². The third kappa shape index (κ3) is 6.16. The third-order valence-electron chi connectivity index (χ3n) is 4.15. The molecule has 25 heavy (non-hydrogen) atoms. The Balaban J connectivity index is 1.84. The zero-order chi connectivity index (χ0) is 18.1. The van der Waals surface area contributed by atoms with Crippen LogP contribution in [0.25, 0.3) is 0 Å². The Morgan fingerprint density at radius 1 is 1.28 bits per heavy atom. The van der Waals surface area contributed by atoms with E-state index in [9.17, 15) is 8.78 Å². The molecule has 0 aromatic heterocycles. The summed E-state index contributed by atoms with van der Waals surface area (Å²) < 4.78 is 31.8. The van der Waals surface area contributed by atoms with E-state index in [1.807, 2.05) is 13.8 Å². The number of hydrogen-bond donors (Lipinski definition) is 2. The summed E-state index contributed by atoms with van der Waals surface area (Å²) in [6.45, 7) is 9.19. The number of rotatable bonds is 8. The molecule has 5 nitrogen and oxygen atoms in total. The summed E-state index contributed by atoms with van der Waals surface area (Å²) in [4.78, 5) is 6.71. The van der Waals surface area contributed by atoms with Gasteiger partial charge in [-0.1, -0.05) is 0 Å². The highest BCUT2D eigenvalue weighted by Crippen LogP contribution is 2.25. The number of benzene rings is 1. The number of nitrogens with one attached hydrogen (secondary N) is 2. The highest BCUT2D eigenvalue weighted by molar-refractivity contribution is 5.79. The highest BCUT2D eigenvalue weighted by Gasteiger charge is 2.23. The van der Waals surface area contributed by atoms with E-state index in [-0.39, 0.29) is 0 Å². The molecule has 1 aromatic rings. The largest absolute Gasteiger partial charge is 0.380 e. The number of hydrogen-bond acceptors (Lipinski definition) is 3. The topological polar surface area (TPSA) is 48.9 Å². The van der Waals surface area contributed by atoms with Crippen molar-refractivity contribution < 1.29 is 13.5 Å². The van der Waals surface area contributed by atoms with E-state index in [2.05, 4.69) is 20.5 Å². The predicted octanol–water partition coefficient (Wildman–Crippen LogP) is 2.38. The van der Waals surface area contributed by atoms with E-state index >= 15 is 0 Å². The van der Waals surface area contributed by atoms with Crippen molar-refractivity contribution in [1.82, 2.24) is 10.6 Å². The van der Waals surface area contributed by atoms with Crippen LogP contribution >= 0.6 is 0 Å². The van der Waals surface area contributed by atoms with Gasteiger partial charge in [0.25, 0.3) is 0 Å². The van der Waals surface area contributed by atoms with Crippen molar-refractivity contribution in [3.05, 3.63) is 29.8 Å². The number of ether oxygens (including phenoxy) is 1. The predicted molar refractivity (Wildman–Crippen MR) is 97.2 cm³/mol. The van der Waals surface area contributed by atoms with E-state index in [1.165, 1.54) is 12.1 Å². The van der Waals surface area contributed by atoms with E-state index < -0.39 is 11.6 Å². The van der Waals surface area contributed by atoms with Gasteiger partial charge in [0.1, 0.15) is 0 Å². The third-order valence-corrected chi connectivity index (χ3v) is 4.15. The van der Waals surface area contributed by atoms with E-state index in [4.69, 9.17) is 4.74 Å². The van der Waals surface area contributed by atoms with Crippen LogP contribution in [0.15, 0.2) is 23.2 Å². The molecule has 2 N–H and O–H groups in total. The summed E-state index contributed by atoms with van der Waals surface area (Å²) in [5, 5.41) is 6.46. The molecule has 0 amide bonds. The van der Waals surface area contributed by atoms with Crippen LogP contribution in [0.2, 0.25) is 0 Å². The van der Waals surface area contributed by atoms with Crippen molar-refractivity contribution >= 4 is 11.6 Å². The zero-order valence-electron chi connectivity index (χ0n) is 15.0. The van der Waals surface area contributed by atoms with Crippen LogP contribution < -0.4 is 15.5 Å². The van der Waals surface area contributed by atoms with Crippen molar-refractivity contribution in [2.24, 2.45) is 10.9 Å². The molecule has 1 fully saturated rings. The van der Waals surface area contributed by atoms with Crippen LogP contribution in [0, 0.1) is 17.6 Å². The average molecular weight is 354 g/mol. The van der Waals surface area contributed by atoms with Crippen LogP contribution in [0.5, 0.6) is 0 Å². The maximum absolute atomic E-state index is 13.4. The van der Waals surface area contributed by atoms with Crippen molar-refractivity contribution in [2.75, 3.05) is 50.8 Å². The van der Waals surface area contributed by atoms with Gasteiger partial charge < -0.3 is 20.3 Å². The number of guanidine groups is 1. The molecule has 0 bridgehead atoms. The first-order valence-electron chi connectivity index (χ1n) is 8.94. The van der Waals surface area contributed by atoms with Gasteiger partial charge in [-0.3, -0.25) is 4.99 Å². The minimum Gasteiger partial charge on any atom is -0.380 e. The van der Waals surface area contributed by atoms with Gasteiger partial charge in [-0.2, -0.15) is 0 Å². The van der Waals surface area contributed by atoms with Crippen LogP contribution in [0.4, 0.5) is 14.5 Å². The van der Waals surface area contributed by atoms with Gasteiger partial charge in [0, 0.05) is 51.1 Å². The monoisotopic (exact) mass is 354 g/mol. The summed E-state index contributed by atoms with van der Waals surface area (Å²) in [6.07, 6.45) is 0.987. The minimum absolute atomic E-state index is 0.399. The molecular weight excluding hydrogens is 326 g/mol. The van der Waals surface area contributed by atoms with Gasteiger partial charge >= 0.3 is 0 Å². The molecule has 1 unspecified atom stereocenters. The van der Waals surface area contributed by atoms with Crippen molar-refractivity contribution in [3.8, 4) is 0 Å². The van der Waals surface area contributed by atoms with Gasteiger partial charge in [0.15, 0.2) is 17.6 Å². The lowest BCUT2D eigenvalue weighted by atomic mass is 10.1. The average Bonchev–Trinajstić information content (AvgIpc) is 3.08. The lowest BCUT2D eigenvalue weighted by Crippen LogP contribution is -2.39. The molecule has 1 aliphatic heterocycles. The summed E-state index contributed by atoms with van der Waals surface area (Å²) in [5.74, 6) is -0.423.